The molecule has 3 amide bonds. The lowest BCUT2D eigenvalue weighted by molar-refractivity contribution is -0.125. The molecule has 0 aromatic heterocycles. The van der Waals surface area contributed by atoms with Crippen molar-refractivity contribution >= 4 is 11.9 Å². The summed E-state index contributed by atoms with van der Waals surface area (Å²) < 4.78 is 0. The molecule has 19 heavy (non-hydrogen) atoms. The van der Waals surface area contributed by atoms with Crippen LogP contribution >= 0.6 is 0 Å². The van der Waals surface area contributed by atoms with Gasteiger partial charge in [0.15, 0.2) is 0 Å². The zero-order valence-corrected chi connectivity index (χ0v) is 10.7. The second-order valence-corrected chi connectivity index (χ2v) is 5.16. The van der Waals surface area contributed by atoms with E-state index in [0.717, 1.165) is 5.56 Å². The molecule has 0 aliphatic carbocycles. The molecule has 2 aliphatic heterocycles. The number of rotatable bonds is 1. The maximum Gasteiger partial charge on any atom is 0.327 e. The molecule has 5 heteroatoms. The number of hydrogen-bond acceptors (Lipinski definition) is 3. The van der Waals surface area contributed by atoms with Gasteiger partial charge in [0.2, 0.25) is 5.91 Å². The molecule has 100 valence electrons. The lowest BCUT2D eigenvalue weighted by atomic mass is 9.86. The summed E-state index contributed by atoms with van der Waals surface area (Å²) in [7, 11) is 0. The van der Waals surface area contributed by atoms with Crippen LogP contribution in [0.3, 0.4) is 0 Å². The molecular formula is C14H16N2O3. The predicted octanol–water partition coefficient (Wildman–Crippen LogP) is 0.931. The number of urea groups is 1. The zero-order chi connectivity index (χ0) is 13.6. The normalized spacial score (nSPS) is 29.8. The quantitative estimate of drug-likeness (QED) is 0.817. The van der Waals surface area contributed by atoms with Crippen molar-refractivity contribution in [2.24, 2.45) is 0 Å². The summed E-state index contributed by atoms with van der Waals surface area (Å²) in [6.45, 7) is 2.12. The van der Waals surface area contributed by atoms with Crippen molar-refractivity contribution in [2.45, 2.75) is 25.0 Å². The van der Waals surface area contributed by atoms with Crippen LogP contribution < -0.4 is 0 Å². The first kappa shape index (κ1) is 12.2. The van der Waals surface area contributed by atoms with Crippen LogP contribution in [0.15, 0.2) is 30.3 Å². The SMILES string of the molecule is CC(=O)N1C[C@@H]2N(CC[C@]2(O)c2ccccc2)C1=O. The van der Waals surface area contributed by atoms with Gasteiger partial charge in [-0.25, -0.2) is 4.79 Å². The molecule has 0 unspecified atom stereocenters. The molecule has 1 aromatic rings. The highest BCUT2D eigenvalue weighted by Crippen LogP contribution is 2.41. The molecule has 3 rings (SSSR count). The number of fused-ring (bicyclic) bond motifs is 1. The minimum absolute atomic E-state index is 0.263. The van der Waals surface area contributed by atoms with E-state index >= 15 is 0 Å². The van der Waals surface area contributed by atoms with Crippen molar-refractivity contribution in [2.75, 3.05) is 13.1 Å². The number of hydrogen-bond donors (Lipinski definition) is 1. The van der Waals surface area contributed by atoms with Gasteiger partial charge in [-0.1, -0.05) is 30.3 Å². The van der Waals surface area contributed by atoms with E-state index in [1.54, 1.807) is 4.90 Å². The van der Waals surface area contributed by atoms with Gasteiger partial charge in [0.1, 0.15) is 5.60 Å². The van der Waals surface area contributed by atoms with Gasteiger partial charge in [-0.15, -0.1) is 0 Å². The Morgan fingerprint density at radius 1 is 1.37 bits per heavy atom. The van der Waals surface area contributed by atoms with E-state index in [1.807, 2.05) is 30.3 Å². The Kier molecular flexibility index (Phi) is 2.60. The van der Waals surface area contributed by atoms with E-state index in [2.05, 4.69) is 0 Å². The average molecular weight is 260 g/mol. The third kappa shape index (κ3) is 1.65. The lowest BCUT2D eigenvalue weighted by Crippen LogP contribution is -2.41. The number of imide groups is 1. The van der Waals surface area contributed by atoms with Gasteiger partial charge in [-0.05, 0) is 5.56 Å². The Labute approximate surface area is 111 Å². The van der Waals surface area contributed by atoms with Crippen LogP contribution in [0.25, 0.3) is 0 Å². The minimum Gasteiger partial charge on any atom is -0.383 e. The number of amides is 3. The van der Waals surface area contributed by atoms with E-state index < -0.39 is 5.60 Å². The summed E-state index contributed by atoms with van der Waals surface area (Å²) in [4.78, 5) is 26.3. The maximum absolute atomic E-state index is 12.1. The van der Waals surface area contributed by atoms with Crippen molar-refractivity contribution < 1.29 is 14.7 Å². The first-order valence-electron chi connectivity index (χ1n) is 6.40. The first-order chi connectivity index (χ1) is 9.04. The smallest absolute Gasteiger partial charge is 0.327 e. The minimum atomic E-state index is -1.05. The summed E-state index contributed by atoms with van der Waals surface area (Å²) in [5, 5.41) is 10.9. The van der Waals surface area contributed by atoms with Crippen LogP contribution in [0.5, 0.6) is 0 Å². The summed E-state index contributed by atoms with van der Waals surface area (Å²) >= 11 is 0. The van der Waals surface area contributed by atoms with Gasteiger partial charge in [-0.3, -0.25) is 9.69 Å². The molecule has 0 spiro atoms. The van der Waals surface area contributed by atoms with Gasteiger partial charge in [0.25, 0.3) is 0 Å². The first-order valence-corrected chi connectivity index (χ1v) is 6.40. The van der Waals surface area contributed by atoms with Crippen molar-refractivity contribution in [3.63, 3.8) is 0 Å². The van der Waals surface area contributed by atoms with E-state index in [9.17, 15) is 14.7 Å². The van der Waals surface area contributed by atoms with E-state index in [0.29, 0.717) is 13.0 Å². The average Bonchev–Trinajstić information content (AvgIpc) is 2.91. The number of nitrogens with zero attached hydrogens (tertiary/aromatic N) is 2. The molecule has 1 aromatic carbocycles. The Hall–Kier alpha value is -1.88. The van der Waals surface area contributed by atoms with Crippen LogP contribution in [0.4, 0.5) is 4.79 Å². The van der Waals surface area contributed by atoms with Gasteiger partial charge < -0.3 is 10.0 Å². The third-order valence-corrected chi connectivity index (χ3v) is 4.15. The summed E-state index contributed by atoms with van der Waals surface area (Å²) in [6, 6.07) is 8.73. The molecular weight excluding hydrogens is 244 g/mol. The van der Waals surface area contributed by atoms with Crippen LogP contribution in [-0.2, 0) is 10.4 Å². The van der Waals surface area contributed by atoms with E-state index in [4.69, 9.17) is 0 Å². The molecule has 2 atom stereocenters. The number of aliphatic hydroxyl groups is 1. The Bertz CT molecular complexity index is 531. The monoisotopic (exact) mass is 260 g/mol. The van der Waals surface area contributed by atoms with Crippen LogP contribution in [0.2, 0.25) is 0 Å². The van der Waals surface area contributed by atoms with Gasteiger partial charge in [-0.2, -0.15) is 0 Å². The zero-order valence-electron chi connectivity index (χ0n) is 10.7. The second kappa shape index (κ2) is 4.06. The van der Waals surface area contributed by atoms with Gasteiger partial charge in [0, 0.05) is 19.9 Å². The van der Waals surface area contributed by atoms with Crippen molar-refractivity contribution in [1.29, 1.82) is 0 Å². The molecule has 2 aliphatic rings. The molecule has 2 heterocycles. The number of carbonyl (C=O) groups is 2. The number of benzene rings is 1. The third-order valence-electron chi connectivity index (χ3n) is 4.15. The highest BCUT2D eigenvalue weighted by Gasteiger charge is 2.55. The van der Waals surface area contributed by atoms with Crippen molar-refractivity contribution in [3.8, 4) is 0 Å². The lowest BCUT2D eigenvalue weighted by Gasteiger charge is -2.29. The Morgan fingerprint density at radius 2 is 2.05 bits per heavy atom. The standard InChI is InChI=1S/C14H16N2O3/c1-10(17)16-9-12-14(19,7-8-15(12)13(16)18)11-5-3-2-4-6-11/h2-6,12,19H,7-9H2,1H3/t12-,14-/m0/s1. The highest BCUT2D eigenvalue weighted by molar-refractivity contribution is 5.95. The van der Waals surface area contributed by atoms with E-state index in [-0.39, 0.29) is 24.5 Å². The van der Waals surface area contributed by atoms with Gasteiger partial charge in [0.05, 0.1) is 12.6 Å². The fraction of sp³-hybridized carbons (Fsp3) is 0.429. The van der Waals surface area contributed by atoms with E-state index in [1.165, 1.54) is 11.8 Å². The van der Waals surface area contributed by atoms with Crippen molar-refractivity contribution in [1.82, 2.24) is 9.80 Å². The molecule has 0 radical (unpaired) electrons. The largest absolute Gasteiger partial charge is 0.383 e. The Morgan fingerprint density at radius 3 is 2.68 bits per heavy atom. The predicted molar refractivity (Wildman–Crippen MR) is 68.2 cm³/mol. The molecule has 0 bridgehead atoms. The fourth-order valence-electron chi connectivity index (χ4n) is 3.08. The van der Waals surface area contributed by atoms with Gasteiger partial charge >= 0.3 is 6.03 Å². The summed E-state index contributed by atoms with van der Waals surface area (Å²) in [5.41, 5.74) is -0.248. The second-order valence-electron chi connectivity index (χ2n) is 5.16. The van der Waals surface area contributed by atoms with Crippen LogP contribution in [0, 0.1) is 0 Å². The fourth-order valence-corrected chi connectivity index (χ4v) is 3.08. The molecule has 1 N–H and O–H groups in total. The highest BCUT2D eigenvalue weighted by atomic mass is 16.3. The molecule has 0 saturated carbocycles. The number of carbonyl (C=O) groups excluding carboxylic acids is 2. The molecule has 2 fully saturated rings. The maximum atomic E-state index is 12.1. The van der Waals surface area contributed by atoms with Crippen LogP contribution in [0.1, 0.15) is 18.9 Å². The molecule has 5 nitrogen and oxygen atoms in total. The summed E-state index contributed by atoms with van der Waals surface area (Å²) in [5.74, 6) is -0.269. The van der Waals surface area contributed by atoms with Crippen molar-refractivity contribution in [3.05, 3.63) is 35.9 Å². The topological polar surface area (TPSA) is 60.9 Å². The molecule has 2 saturated heterocycles. The Balaban J connectivity index is 1.95. The summed E-state index contributed by atoms with van der Waals surface area (Å²) in [6.07, 6.45) is 0.513. The van der Waals surface area contributed by atoms with Crippen LogP contribution in [-0.4, -0.2) is 46.0 Å².